The maximum Gasteiger partial charge on any atom is 0.343 e. The largest absolute Gasteiger partial charge is 0.494 e. The molecule has 0 saturated carbocycles. The van der Waals surface area contributed by atoms with Crippen LogP contribution in [-0.2, 0) is 16.6 Å². The smallest absolute Gasteiger partial charge is 0.343 e. The molecule has 0 saturated heterocycles. The van der Waals surface area contributed by atoms with Crippen molar-refractivity contribution >= 4 is 46.4 Å². The zero-order valence-electron chi connectivity index (χ0n) is 27.0. The second-order valence-electron chi connectivity index (χ2n) is 10.7. The molecule has 46 heavy (non-hydrogen) atoms. The predicted octanol–water partition coefficient (Wildman–Crippen LogP) is 5.11. The van der Waals surface area contributed by atoms with Gasteiger partial charge in [-0.15, -0.1) is 0 Å². The minimum Gasteiger partial charge on any atom is -0.494 e. The average Bonchev–Trinajstić information content (AvgIpc) is 3.47. The fraction of sp³-hybridized carbons (Fsp3) is 0.303. The molecule has 0 aliphatic carbocycles. The van der Waals surface area contributed by atoms with Crippen molar-refractivity contribution in [2.75, 3.05) is 55.1 Å². The topological polar surface area (TPSA) is 148 Å². The number of carbonyl (C=O) groups excluding carboxylic acids is 2. The van der Waals surface area contributed by atoms with Crippen molar-refractivity contribution in [1.82, 2.24) is 25.1 Å². The molecule has 0 radical (unpaired) electrons. The molecule has 0 atom stereocenters. The number of amides is 1. The quantitative estimate of drug-likeness (QED) is 0.0792. The number of aryl methyl sites for hydroxylation is 1. The number of nitrogens with zero attached hydrogens (tertiary/aromatic N) is 5. The summed E-state index contributed by atoms with van der Waals surface area (Å²) in [5.41, 5.74) is 4.19. The molecular formula is C33H41N9O4. The van der Waals surface area contributed by atoms with Crippen LogP contribution in [-0.4, -0.2) is 72.0 Å². The van der Waals surface area contributed by atoms with Crippen LogP contribution < -0.4 is 30.9 Å². The Kier molecular flexibility index (Phi) is 11.3. The van der Waals surface area contributed by atoms with Gasteiger partial charge in [0.25, 0.3) is 0 Å². The van der Waals surface area contributed by atoms with Gasteiger partial charge in [0, 0.05) is 50.4 Å². The van der Waals surface area contributed by atoms with Crippen LogP contribution >= 0.6 is 0 Å². The summed E-state index contributed by atoms with van der Waals surface area (Å²) >= 11 is 0. The van der Waals surface area contributed by atoms with Crippen LogP contribution in [0.1, 0.15) is 30.6 Å². The van der Waals surface area contributed by atoms with Crippen molar-refractivity contribution in [3.8, 4) is 17.0 Å². The lowest BCUT2D eigenvalue weighted by Gasteiger charge is -2.24. The highest BCUT2D eigenvalue weighted by Gasteiger charge is 2.21. The zero-order valence-corrected chi connectivity index (χ0v) is 27.0. The molecular weight excluding hydrogens is 586 g/mol. The van der Waals surface area contributed by atoms with Crippen molar-refractivity contribution in [3.63, 3.8) is 0 Å². The van der Waals surface area contributed by atoms with Crippen LogP contribution in [0, 0.1) is 0 Å². The Morgan fingerprint density at radius 2 is 1.89 bits per heavy atom. The third-order valence-electron chi connectivity index (χ3n) is 6.86. The molecule has 4 N–H and O–H groups in total. The van der Waals surface area contributed by atoms with E-state index in [1.165, 1.54) is 12.3 Å². The van der Waals surface area contributed by atoms with E-state index in [1.807, 2.05) is 68.6 Å². The van der Waals surface area contributed by atoms with Crippen molar-refractivity contribution in [2.24, 2.45) is 7.05 Å². The number of anilines is 6. The van der Waals surface area contributed by atoms with Crippen LogP contribution in [0.2, 0.25) is 0 Å². The third-order valence-corrected chi connectivity index (χ3v) is 6.86. The molecule has 13 heteroatoms. The van der Waals surface area contributed by atoms with Crippen LogP contribution in [0.25, 0.3) is 11.3 Å². The molecule has 2 aromatic heterocycles. The van der Waals surface area contributed by atoms with Crippen molar-refractivity contribution in [3.05, 3.63) is 73.1 Å². The van der Waals surface area contributed by atoms with Gasteiger partial charge in [0.2, 0.25) is 11.9 Å². The molecule has 242 valence electrons. The first-order chi connectivity index (χ1) is 22.1. The van der Waals surface area contributed by atoms with E-state index in [0.717, 1.165) is 36.5 Å². The Balaban J connectivity index is 1.75. The summed E-state index contributed by atoms with van der Waals surface area (Å²) < 4.78 is 12.9. The van der Waals surface area contributed by atoms with Gasteiger partial charge in [-0.25, -0.2) is 9.78 Å². The summed E-state index contributed by atoms with van der Waals surface area (Å²) in [6.45, 7) is 8.71. The summed E-state index contributed by atoms with van der Waals surface area (Å²) in [5.74, 6) is -0.0331. The molecule has 13 nitrogen and oxygen atoms in total. The standard InChI is InChI=1S/C33H41N9O4/c1-8-30(43)36-26-18-27(29(45-7)19-28(26)41(5)16-11-15-34-4)38-33-35-20-23(32(44)46-21(2)3)31(39-33)37-24-13-10-9-12-22(24)25-14-17-42(6)40-25/h8-10,12-14,17-21,34H,1,11,15-16H2,2-7H3,(H,36,43)(H2,35,37,38,39). The van der Waals surface area contributed by atoms with Gasteiger partial charge in [0.15, 0.2) is 5.82 Å². The van der Waals surface area contributed by atoms with Crippen LogP contribution in [0.5, 0.6) is 5.75 Å². The maximum atomic E-state index is 13.1. The van der Waals surface area contributed by atoms with Crippen molar-refractivity contribution in [1.29, 1.82) is 0 Å². The molecule has 2 heterocycles. The molecule has 0 aliphatic heterocycles. The minimum absolute atomic E-state index is 0.152. The fourth-order valence-corrected chi connectivity index (χ4v) is 4.64. The average molecular weight is 628 g/mol. The van der Waals surface area contributed by atoms with Crippen LogP contribution in [0.15, 0.2) is 67.5 Å². The van der Waals surface area contributed by atoms with Crippen molar-refractivity contribution in [2.45, 2.75) is 26.4 Å². The summed E-state index contributed by atoms with van der Waals surface area (Å²) in [7, 11) is 7.25. The lowest BCUT2D eigenvalue weighted by atomic mass is 10.1. The number of para-hydroxylation sites is 1. The van der Waals surface area contributed by atoms with Crippen molar-refractivity contribution < 1.29 is 19.1 Å². The highest BCUT2D eigenvalue weighted by Crippen LogP contribution is 2.38. The number of benzene rings is 2. The molecule has 0 fully saturated rings. The highest BCUT2D eigenvalue weighted by atomic mass is 16.5. The van der Waals surface area contributed by atoms with Gasteiger partial charge in [0.1, 0.15) is 11.3 Å². The molecule has 0 spiro atoms. The first-order valence-corrected chi connectivity index (χ1v) is 14.9. The van der Waals surface area contributed by atoms with Gasteiger partial charge in [0.05, 0.1) is 36.0 Å². The number of rotatable bonds is 15. The lowest BCUT2D eigenvalue weighted by molar-refractivity contribution is -0.111. The van der Waals surface area contributed by atoms with E-state index in [-0.39, 0.29) is 29.3 Å². The van der Waals surface area contributed by atoms with E-state index in [9.17, 15) is 9.59 Å². The molecule has 2 aromatic carbocycles. The first-order valence-electron chi connectivity index (χ1n) is 14.9. The van der Waals surface area contributed by atoms with E-state index in [2.05, 4.69) is 42.9 Å². The first kappa shape index (κ1) is 33.5. The number of carbonyl (C=O) groups is 2. The normalized spacial score (nSPS) is 10.8. The number of ether oxygens (including phenoxy) is 2. The molecule has 4 aromatic rings. The molecule has 1 amide bonds. The number of methoxy groups -OCH3 is 1. The summed E-state index contributed by atoms with van der Waals surface area (Å²) in [6, 6.07) is 13.1. The number of hydrogen-bond donors (Lipinski definition) is 4. The van der Waals surface area contributed by atoms with Gasteiger partial charge in [-0.3, -0.25) is 9.48 Å². The van der Waals surface area contributed by atoms with E-state index in [1.54, 1.807) is 31.7 Å². The fourth-order valence-electron chi connectivity index (χ4n) is 4.64. The second-order valence-corrected chi connectivity index (χ2v) is 10.7. The number of aromatic nitrogens is 4. The Morgan fingerprint density at radius 1 is 1.11 bits per heavy atom. The lowest BCUT2D eigenvalue weighted by Crippen LogP contribution is -2.24. The van der Waals surface area contributed by atoms with Gasteiger partial charge in [-0.05, 0) is 58.1 Å². The minimum atomic E-state index is -0.572. The Labute approximate surface area is 269 Å². The monoisotopic (exact) mass is 627 g/mol. The number of hydrogen-bond acceptors (Lipinski definition) is 11. The third kappa shape index (κ3) is 8.39. The highest BCUT2D eigenvalue weighted by molar-refractivity contribution is 6.02. The van der Waals surface area contributed by atoms with E-state index in [0.29, 0.717) is 22.8 Å². The number of nitrogens with one attached hydrogen (secondary N) is 4. The van der Waals surface area contributed by atoms with Gasteiger partial charge >= 0.3 is 5.97 Å². The predicted molar refractivity (Wildman–Crippen MR) is 181 cm³/mol. The Morgan fingerprint density at radius 3 is 2.57 bits per heavy atom. The van der Waals surface area contributed by atoms with E-state index in [4.69, 9.17) is 9.47 Å². The molecule has 4 rings (SSSR count). The van der Waals surface area contributed by atoms with E-state index < -0.39 is 5.97 Å². The second kappa shape index (κ2) is 15.5. The Hall–Kier alpha value is -5.43. The van der Waals surface area contributed by atoms with Gasteiger partial charge < -0.3 is 35.6 Å². The molecule has 0 aliphatic rings. The molecule has 0 unspecified atom stereocenters. The zero-order chi connectivity index (χ0) is 33.2. The summed E-state index contributed by atoms with van der Waals surface area (Å²) in [5, 5.41) is 17.1. The Bertz CT molecular complexity index is 1690. The van der Waals surface area contributed by atoms with Gasteiger partial charge in [-0.2, -0.15) is 10.1 Å². The molecule has 0 bridgehead atoms. The summed E-state index contributed by atoms with van der Waals surface area (Å²) in [6.07, 6.45) is 5.02. The van der Waals surface area contributed by atoms with Crippen LogP contribution in [0.4, 0.5) is 34.5 Å². The summed E-state index contributed by atoms with van der Waals surface area (Å²) in [4.78, 5) is 36.6. The number of esters is 1. The maximum absolute atomic E-state index is 13.1. The van der Waals surface area contributed by atoms with Gasteiger partial charge in [-0.1, -0.05) is 24.8 Å². The SMILES string of the molecule is C=CC(=O)Nc1cc(Nc2ncc(C(=O)OC(C)C)c(Nc3ccccc3-c3ccn(C)n3)n2)c(OC)cc1N(C)CCCNC. The van der Waals surface area contributed by atoms with Crippen LogP contribution in [0.3, 0.4) is 0 Å². The van der Waals surface area contributed by atoms with E-state index >= 15 is 0 Å².